The van der Waals surface area contributed by atoms with E-state index in [-0.39, 0.29) is 24.4 Å². The number of sulfonamides is 1. The molecule has 0 amide bonds. The second kappa shape index (κ2) is 7.31. The Bertz CT molecular complexity index is 1500. The minimum absolute atomic E-state index is 0.112. The molecular weight excluding hydrogens is 426 g/mol. The number of hydrogen-bond donors (Lipinski definition) is 1. The van der Waals surface area contributed by atoms with E-state index >= 15 is 0 Å². The van der Waals surface area contributed by atoms with Gasteiger partial charge >= 0.3 is 0 Å². The second-order valence-electron chi connectivity index (χ2n) is 7.69. The zero-order valence-electron chi connectivity index (χ0n) is 16.8. The average molecular weight is 443 g/mol. The highest BCUT2D eigenvalue weighted by Gasteiger charge is 2.50. The fourth-order valence-corrected chi connectivity index (χ4v) is 5.72. The fourth-order valence-electron chi connectivity index (χ4n) is 4.10. The van der Waals surface area contributed by atoms with Gasteiger partial charge in [-0.3, -0.25) is 9.67 Å². The van der Waals surface area contributed by atoms with Crippen LogP contribution in [-0.4, -0.2) is 45.6 Å². The van der Waals surface area contributed by atoms with E-state index in [2.05, 4.69) is 26.0 Å². The van der Waals surface area contributed by atoms with Gasteiger partial charge in [0.15, 0.2) is 0 Å². The second-order valence-corrected chi connectivity index (χ2v) is 9.63. The highest BCUT2D eigenvalue weighted by atomic mass is 32.2. The number of rotatable bonds is 5. The summed E-state index contributed by atoms with van der Waals surface area (Å²) in [7, 11) is -3.65. The number of hydrogen-bond acceptors (Lipinski definition) is 5. The molecule has 0 saturated carbocycles. The lowest BCUT2D eigenvalue weighted by molar-refractivity contribution is 0.0717. The first-order valence-corrected chi connectivity index (χ1v) is 11.2. The summed E-state index contributed by atoms with van der Waals surface area (Å²) in [5.41, 5.74) is 1.71. The molecule has 1 N–H and O–H groups in total. The van der Waals surface area contributed by atoms with Crippen molar-refractivity contribution in [2.24, 2.45) is 0 Å². The summed E-state index contributed by atoms with van der Waals surface area (Å²) >= 11 is 0. The van der Waals surface area contributed by atoms with Crippen LogP contribution in [0.2, 0.25) is 0 Å². The summed E-state index contributed by atoms with van der Waals surface area (Å²) in [5, 5.41) is 14.7. The van der Waals surface area contributed by atoms with Crippen LogP contribution in [0.15, 0.2) is 66.1 Å². The van der Waals surface area contributed by atoms with Crippen LogP contribution in [0.25, 0.3) is 27.0 Å². The molecular formula is C22H17N7O2S. The maximum absolute atomic E-state index is 12.9. The van der Waals surface area contributed by atoms with Crippen molar-refractivity contribution in [1.29, 1.82) is 5.26 Å². The summed E-state index contributed by atoms with van der Waals surface area (Å²) < 4.78 is 28.9. The largest absolute Gasteiger partial charge is 0.346 e. The van der Waals surface area contributed by atoms with Crippen LogP contribution in [-0.2, 0) is 15.6 Å². The van der Waals surface area contributed by atoms with Crippen LogP contribution in [0.3, 0.4) is 0 Å². The zero-order chi connectivity index (χ0) is 22.3. The molecule has 4 heterocycles. The average Bonchev–Trinajstić information content (AvgIpc) is 3.45. The van der Waals surface area contributed by atoms with Gasteiger partial charge in [0.25, 0.3) is 0 Å². The summed E-state index contributed by atoms with van der Waals surface area (Å²) in [5.74, 6) is 0. The van der Waals surface area contributed by atoms with Crippen molar-refractivity contribution in [3.63, 3.8) is 0 Å². The van der Waals surface area contributed by atoms with E-state index in [1.807, 2.05) is 6.07 Å². The lowest BCUT2D eigenvalue weighted by Crippen LogP contribution is -2.64. The van der Waals surface area contributed by atoms with E-state index in [0.717, 1.165) is 5.39 Å². The normalized spacial score (nSPS) is 15.7. The summed E-state index contributed by atoms with van der Waals surface area (Å²) in [6, 6.07) is 12.3. The van der Waals surface area contributed by atoms with Crippen molar-refractivity contribution in [2.45, 2.75) is 16.9 Å². The third-order valence-corrected chi connectivity index (χ3v) is 7.58. The Balaban J connectivity index is 1.50. The molecule has 158 valence electrons. The first-order valence-electron chi connectivity index (χ1n) is 9.80. The standard InChI is InChI=1S/C22H17N7O2S/c1-24-19-12-26-21-18(7-10-25-21)20(19)16-11-27-29(13-16)22(8-9-23)14-28(15-22)32(30,31)17-5-3-2-4-6-17/h2-7,10-13H,8,14-15H2,(H,25,26). The molecule has 9 nitrogen and oxygen atoms in total. The molecule has 0 spiro atoms. The molecule has 3 aromatic heterocycles. The smallest absolute Gasteiger partial charge is 0.243 e. The predicted molar refractivity (Wildman–Crippen MR) is 117 cm³/mol. The number of nitrogens with zero attached hydrogens (tertiary/aromatic N) is 6. The van der Waals surface area contributed by atoms with Crippen molar-refractivity contribution in [3.05, 3.63) is 72.6 Å². The molecule has 5 rings (SSSR count). The van der Waals surface area contributed by atoms with Crippen molar-refractivity contribution >= 4 is 26.7 Å². The Kier molecular flexibility index (Phi) is 4.55. The number of benzene rings is 1. The molecule has 0 aliphatic carbocycles. The van der Waals surface area contributed by atoms with Crippen LogP contribution >= 0.6 is 0 Å². The third kappa shape index (κ3) is 2.97. The van der Waals surface area contributed by atoms with Gasteiger partial charge in [-0.25, -0.2) is 13.3 Å². The van der Waals surface area contributed by atoms with Crippen LogP contribution in [0.5, 0.6) is 0 Å². The van der Waals surface area contributed by atoms with Crippen LogP contribution < -0.4 is 0 Å². The molecule has 4 aromatic rings. The topological polar surface area (TPSA) is 112 Å². The van der Waals surface area contributed by atoms with Gasteiger partial charge in [-0.15, -0.1) is 0 Å². The molecule has 0 unspecified atom stereocenters. The van der Waals surface area contributed by atoms with Gasteiger partial charge in [0, 0.05) is 48.2 Å². The van der Waals surface area contributed by atoms with E-state index in [4.69, 9.17) is 6.57 Å². The van der Waals surface area contributed by atoms with Crippen LogP contribution in [0, 0.1) is 17.9 Å². The third-order valence-electron chi connectivity index (χ3n) is 5.77. The van der Waals surface area contributed by atoms with E-state index < -0.39 is 15.6 Å². The molecule has 0 radical (unpaired) electrons. The molecule has 0 bridgehead atoms. The number of fused-ring (bicyclic) bond motifs is 1. The monoisotopic (exact) mass is 443 g/mol. The lowest BCUT2D eigenvalue weighted by atomic mass is 9.89. The van der Waals surface area contributed by atoms with Gasteiger partial charge in [0.1, 0.15) is 11.2 Å². The SMILES string of the molecule is [C-]#[N+]c1cnc2[nH]ccc2c1-c1cnn(C2(CC#N)CN(S(=O)(=O)c3ccccc3)C2)c1. The highest BCUT2D eigenvalue weighted by molar-refractivity contribution is 7.89. The molecule has 0 atom stereocenters. The molecule has 1 fully saturated rings. The summed E-state index contributed by atoms with van der Waals surface area (Å²) in [4.78, 5) is 11.1. The number of nitrogens with one attached hydrogen (secondary N) is 1. The van der Waals surface area contributed by atoms with Crippen LogP contribution in [0.4, 0.5) is 5.69 Å². The number of aromatic nitrogens is 4. The first-order chi connectivity index (χ1) is 15.5. The zero-order valence-corrected chi connectivity index (χ0v) is 17.6. The van der Waals surface area contributed by atoms with Crippen molar-refractivity contribution in [3.8, 4) is 17.2 Å². The van der Waals surface area contributed by atoms with Crippen LogP contribution in [0.1, 0.15) is 6.42 Å². The van der Waals surface area contributed by atoms with E-state index in [1.165, 1.54) is 10.5 Å². The van der Waals surface area contributed by atoms with Crippen molar-refractivity contribution in [1.82, 2.24) is 24.1 Å². The number of nitriles is 1. The maximum atomic E-state index is 12.9. The quantitative estimate of drug-likeness (QED) is 0.476. The number of pyridine rings is 1. The van der Waals surface area contributed by atoms with Gasteiger partial charge in [0.2, 0.25) is 15.7 Å². The van der Waals surface area contributed by atoms with Gasteiger partial charge in [-0.2, -0.15) is 14.7 Å². The molecule has 1 aromatic carbocycles. The summed E-state index contributed by atoms with van der Waals surface area (Å²) in [6.45, 7) is 7.80. The van der Waals surface area contributed by atoms with Gasteiger partial charge in [-0.05, 0) is 18.2 Å². The van der Waals surface area contributed by atoms with Gasteiger partial charge in [0.05, 0.1) is 30.2 Å². The molecule has 10 heteroatoms. The van der Waals surface area contributed by atoms with Gasteiger partial charge < -0.3 is 4.98 Å². The highest BCUT2D eigenvalue weighted by Crippen LogP contribution is 2.40. The van der Waals surface area contributed by atoms with Crippen molar-refractivity contribution < 1.29 is 8.42 Å². The predicted octanol–water partition coefficient (Wildman–Crippen LogP) is 3.29. The minimum Gasteiger partial charge on any atom is -0.346 e. The molecule has 1 saturated heterocycles. The summed E-state index contributed by atoms with van der Waals surface area (Å²) in [6.07, 6.45) is 6.81. The van der Waals surface area contributed by atoms with Crippen molar-refractivity contribution in [2.75, 3.05) is 13.1 Å². The molecule has 32 heavy (non-hydrogen) atoms. The van der Waals surface area contributed by atoms with E-state index in [0.29, 0.717) is 22.5 Å². The Morgan fingerprint density at radius 1 is 1.22 bits per heavy atom. The molecule has 1 aliphatic heterocycles. The Hall–Kier alpha value is -3.99. The fraction of sp³-hybridized carbons (Fsp3) is 0.182. The first kappa shape index (κ1) is 19.9. The number of H-pyrrole nitrogens is 1. The minimum atomic E-state index is -3.65. The van der Waals surface area contributed by atoms with E-state index in [9.17, 15) is 13.7 Å². The Morgan fingerprint density at radius 3 is 2.72 bits per heavy atom. The number of aromatic amines is 1. The molecule has 1 aliphatic rings. The Morgan fingerprint density at radius 2 is 2.00 bits per heavy atom. The van der Waals surface area contributed by atoms with E-state index in [1.54, 1.807) is 53.6 Å². The Labute approximate surface area is 184 Å². The maximum Gasteiger partial charge on any atom is 0.243 e. The van der Waals surface area contributed by atoms with Gasteiger partial charge in [-0.1, -0.05) is 18.2 Å². The lowest BCUT2D eigenvalue weighted by Gasteiger charge is -2.47.